The fraction of sp³-hybridized carbons (Fsp3) is 0.333. The van der Waals surface area contributed by atoms with Gasteiger partial charge in [0.05, 0.1) is 5.92 Å². The van der Waals surface area contributed by atoms with Crippen molar-refractivity contribution in [3.05, 3.63) is 89.5 Å². The quantitative estimate of drug-likeness (QED) is 0.495. The first-order valence-electron chi connectivity index (χ1n) is 12.7. The average molecular weight is 466 g/mol. The summed E-state index contributed by atoms with van der Waals surface area (Å²) < 4.78 is 0. The molecule has 1 atom stereocenters. The molecule has 0 bridgehead atoms. The Morgan fingerprint density at radius 3 is 2.20 bits per heavy atom. The summed E-state index contributed by atoms with van der Waals surface area (Å²) in [5.74, 6) is 0.537. The van der Waals surface area contributed by atoms with E-state index in [0.717, 1.165) is 42.2 Å². The standard InChI is InChI=1S/C30H31N3O2/c34-29-18-24(19-33(29)27-16-21-5-1-2-6-22(21)17-27)30(35)32-26-13-11-25(12-14-26)31-28-8-4-3-7-23(28)15-20-9-10-20/h1-8,11-14,20,24,27,31H,9-10,15-19H2,(H,32,35). The molecule has 3 aromatic carbocycles. The van der Waals surface area contributed by atoms with E-state index in [1.807, 2.05) is 29.2 Å². The zero-order chi connectivity index (χ0) is 23.8. The number of fused-ring (bicyclic) bond motifs is 1. The minimum absolute atomic E-state index is 0.0770. The van der Waals surface area contributed by atoms with Crippen LogP contribution in [0, 0.1) is 11.8 Å². The van der Waals surface area contributed by atoms with Gasteiger partial charge in [0.25, 0.3) is 0 Å². The number of para-hydroxylation sites is 1. The highest BCUT2D eigenvalue weighted by atomic mass is 16.2. The maximum absolute atomic E-state index is 13.0. The molecule has 35 heavy (non-hydrogen) atoms. The molecule has 0 aromatic heterocycles. The van der Waals surface area contributed by atoms with Gasteiger partial charge in [-0.15, -0.1) is 0 Å². The zero-order valence-electron chi connectivity index (χ0n) is 19.9. The largest absolute Gasteiger partial charge is 0.355 e. The van der Waals surface area contributed by atoms with Crippen molar-refractivity contribution in [3.8, 4) is 0 Å². The average Bonchev–Trinajstić information content (AvgIpc) is 3.44. The number of hydrogen-bond acceptors (Lipinski definition) is 3. The van der Waals surface area contributed by atoms with Crippen molar-refractivity contribution >= 4 is 28.9 Å². The van der Waals surface area contributed by atoms with Crippen molar-refractivity contribution in [2.45, 2.75) is 44.6 Å². The van der Waals surface area contributed by atoms with Gasteiger partial charge >= 0.3 is 0 Å². The van der Waals surface area contributed by atoms with Crippen molar-refractivity contribution in [1.29, 1.82) is 0 Å². The third-order valence-corrected chi connectivity index (χ3v) is 7.65. The number of hydrogen-bond donors (Lipinski definition) is 2. The Kier molecular flexibility index (Phi) is 5.77. The molecule has 2 N–H and O–H groups in total. The molecular formula is C30H31N3O2. The van der Waals surface area contributed by atoms with Crippen molar-refractivity contribution in [3.63, 3.8) is 0 Å². The van der Waals surface area contributed by atoms with Gasteiger partial charge in [-0.05, 0) is 85.0 Å². The Bertz CT molecular complexity index is 1220. The molecule has 2 aliphatic carbocycles. The number of anilines is 3. The number of rotatable bonds is 7. The second kappa shape index (κ2) is 9.21. The van der Waals surface area contributed by atoms with E-state index in [4.69, 9.17) is 0 Å². The van der Waals surface area contributed by atoms with Crippen LogP contribution in [0.2, 0.25) is 0 Å². The maximum atomic E-state index is 13.0. The van der Waals surface area contributed by atoms with E-state index in [1.54, 1.807) is 0 Å². The van der Waals surface area contributed by atoms with Crippen LogP contribution in [-0.4, -0.2) is 29.3 Å². The van der Waals surface area contributed by atoms with Crippen LogP contribution < -0.4 is 10.6 Å². The summed E-state index contributed by atoms with van der Waals surface area (Å²) in [4.78, 5) is 27.6. The van der Waals surface area contributed by atoms with E-state index in [1.165, 1.54) is 29.5 Å². The molecule has 0 spiro atoms. The first kappa shape index (κ1) is 21.9. The topological polar surface area (TPSA) is 61.4 Å². The predicted octanol–water partition coefficient (Wildman–Crippen LogP) is 5.34. The smallest absolute Gasteiger partial charge is 0.229 e. The second-order valence-electron chi connectivity index (χ2n) is 10.3. The van der Waals surface area contributed by atoms with Crippen LogP contribution in [0.15, 0.2) is 72.8 Å². The molecule has 1 aliphatic heterocycles. The molecule has 5 heteroatoms. The van der Waals surface area contributed by atoms with E-state index >= 15 is 0 Å². The lowest BCUT2D eigenvalue weighted by Crippen LogP contribution is -2.38. The Labute approximate surface area is 206 Å². The lowest BCUT2D eigenvalue weighted by molar-refractivity contribution is -0.129. The highest BCUT2D eigenvalue weighted by Crippen LogP contribution is 2.35. The Hall–Kier alpha value is -3.60. The van der Waals surface area contributed by atoms with Crippen LogP contribution in [0.3, 0.4) is 0 Å². The zero-order valence-corrected chi connectivity index (χ0v) is 19.9. The molecule has 178 valence electrons. The summed E-state index contributed by atoms with van der Waals surface area (Å²) >= 11 is 0. The van der Waals surface area contributed by atoms with Crippen LogP contribution in [0.1, 0.15) is 36.0 Å². The van der Waals surface area contributed by atoms with Crippen LogP contribution in [-0.2, 0) is 28.9 Å². The molecule has 3 aliphatic rings. The summed E-state index contributed by atoms with van der Waals surface area (Å²) in [5.41, 5.74) is 6.90. The Morgan fingerprint density at radius 1 is 0.829 bits per heavy atom. The second-order valence-corrected chi connectivity index (χ2v) is 10.3. The van der Waals surface area contributed by atoms with Crippen LogP contribution >= 0.6 is 0 Å². The highest BCUT2D eigenvalue weighted by Gasteiger charge is 2.39. The molecule has 1 saturated carbocycles. The highest BCUT2D eigenvalue weighted by molar-refractivity contribution is 5.97. The molecule has 2 fully saturated rings. The minimum atomic E-state index is -0.307. The van der Waals surface area contributed by atoms with E-state index < -0.39 is 0 Å². The van der Waals surface area contributed by atoms with Gasteiger partial charge in [-0.3, -0.25) is 9.59 Å². The lowest BCUT2D eigenvalue weighted by atomic mass is 10.1. The van der Waals surface area contributed by atoms with Crippen molar-refractivity contribution < 1.29 is 9.59 Å². The van der Waals surface area contributed by atoms with Gasteiger partial charge in [-0.2, -0.15) is 0 Å². The number of nitrogens with zero attached hydrogens (tertiary/aromatic N) is 1. The third kappa shape index (κ3) is 4.81. The first-order valence-corrected chi connectivity index (χ1v) is 12.7. The summed E-state index contributed by atoms with van der Waals surface area (Å²) in [6.45, 7) is 0.501. The number of nitrogens with one attached hydrogen (secondary N) is 2. The summed E-state index contributed by atoms with van der Waals surface area (Å²) in [5, 5.41) is 6.55. The van der Waals surface area contributed by atoms with Crippen LogP contribution in [0.4, 0.5) is 17.1 Å². The van der Waals surface area contributed by atoms with Crippen LogP contribution in [0.25, 0.3) is 0 Å². The number of carbonyl (C=O) groups excluding carboxylic acids is 2. The van der Waals surface area contributed by atoms with Gasteiger partial charge in [-0.25, -0.2) is 0 Å². The van der Waals surface area contributed by atoms with E-state index in [-0.39, 0.29) is 30.2 Å². The maximum Gasteiger partial charge on any atom is 0.229 e. The lowest BCUT2D eigenvalue weighted by Gasteiger charge is -2.24. The van der Waals surface area contributed by atoms with Gasteiger partial charge in [0, 0.05) is 36.1 Å². The molecule has 1 heterocycles. The predicted molar refractivity (Wildman–Crippen MR) is 139 cm³/mol. The van der Waals surface area contributed by atoms with E-state index in [0.29, 0.717) is 6.54 Å². The third-order valence-electron chi connectivity index (χ3n) is 7.65. The minimum Gasteiger partial charge on any atom is -0.355 e. The summed E-state index contributed by atoms with van der Waals surface area (Å²) in [7, 11) is 0. The monoisotopic (exact) mass is 465 g/mol. The molecule has 1 unspecified atom stereocenters. The summed E-state index contributed by atoms with van der Waals surface area (Å²) in [6, 6.07) is 24.9. The molecule has 6 rings (SSSR count). The molecule has 3 aromatic rings. The molecule has 0 radical (unpaired) electrons. The Morgan fingerprint density at radius 2 is 1.49 bits per heavy atom. The fourth-order valence-corrected chi connectivity index (χ4v) is 5.51. The number of likely N-dealkylation sites (tertiary alicyclic amines) is 1. The van der Waals surface area contributed by atoms with Gasteiger partial charge in [0.15, 0.2) is 0 Å². The first-order chi connectivity index (χ1) is 17.1. The van der Waals surface area contributed by atoms with Crippen molar-refractivity contribution in [1.82, 2.24) is 4.90 Å². The SMILES string of the molecule is O=C(Nc1ccc(Nc2ccccc2CC2CC2)cc1)C1CC(=O)N(C2Cc3ccccc3C2)C1. The molecule has 1 saturated heterocycles. The van der Waals surface area contributed by atoms with E-state index in [9.17, 15) is 9.59 Å². The van der Waals surface area contributed by atoms with Crippen molar-refractivity contribution in [2.24, 2.45) is 11.8 Å². The van der Waals surface area contributed by atoms with Gasteiger partial charge in [0.2, 0.25) is 11.8 Å². The van der Waals surface area contributed by atoms with Gasteiger partial charge in [0.1, 0.15) is 0 Å². The van der Waals surface area contributed by atoms with Gasteiger partial charge < -0.3 is 15.5 Å². The van der Waals surface area contributed by atoms with Crippen LogP contribution in [0.5, 0.6) is 0 Å². The fourth-order valence-electron chi connectivity index (χ4n) is 5.51. The van der Waals surface area contributed by atoms with E-state index in [2.05, 4.69) is 59.2 Å². The summed E-state index contributed by atoms with van der Waals surface area (Å²) in [6.07, 6.45) is 5.85. The number of amides is 2. The number of carbonyl (C=O) groups is 2. The molecule has 5 nitrogen and oxygen atoms in total. The molecule has 2 amide bonds. The normalized spacial score (nSPS) is 19.6. The van der Waals surface area contributed by atoms with Crippen molar-refractivity contribution in [2.75, 3.05) is 17.2 Å². The van der Waals surface area contributed by atoms with Gasteiger partial charge in [-0.1, -0.05) is 42.5 Å². The molecular weight excluding hydrogens is 434 g/mol. The number of benzene rings is 3. The Balaban J connectivity index is 1.05.